The van der Waals surface area contributed by atoms with Crippen LogP contribution in [0, 0.1) is 0 Å². The van der Waals surface area contributed by atoms with Crippen LogP contribution in [0.3, 0.4) is 0 Å². The Bertz CT molecular complexity index is 224. The molecule has 0 spiro atoms. The van der Waals surface area contributed by atoms with Gasteiger partial charge in [0.15, 0.2) is 0 Å². The lowest BCUT2D eigenvalue weighted by atomic mass is 10.1. The second kappa shape index (κ2) is 6.41. The maximum absolute atomic E-state index is 11.6. The van der Waals surface area contributed by atoms with Crippen molar-refractivity contribution in [1.82, 2.24) is 4.90 Å². The largest absolute Gasteiger partial charge is 0.339 e. The van der Waals surface area contributed by atoms with Gasteiger partial charge in [0.25, 0.3) is 0 Å². The summed E-state index contributed by atoms with van der Waals surface area (Å²) in [5.74, 6) is 0.158. The maximum Gasteiger partial charge on any atom is 0.246 e. The van der Waals surface area contributed by atoms with Gasteiger partial charge in [0.05, 0.1) is 0 Å². The number of carbonyl (C=O) groups is 1. The van der Waals surface area contributed by atoms with Gasteiger partial charge in [-0.3, -0.25) is 4.79 Å². The molecule has 0 aromatic rings. The monoisotopic (exact) mass is 193 g/mol. The average Bonchev–Trinajstić information content (AvgIpc) is 2.25. The van der Waals surface area contributed by atoms with E-state index in [9.17, 15) is 4.79 Å². The van der Waals surface area contributed by atoms with Gasteiger partial charge >= 0.3 is 0 Å². The number of amides is 1. The van der Waals surface area contributed by atoms with Crippen LogP contribution in [0.1, 0.15) is 32.6 Å². The number of likely N-dealkylation sites (tertiary alicyclic amines) is 1. The highest BCUT2D eigenvalue weighted by Gasteiger charge is 2.12. The Labute approximate surface area is 86.3 Å². The summed E-state index contributed by atoms with van der Waals surface area (Å²) < 4.78 is 0. The van der Waals surface area contributed by atoms with Gasteiger partial charge < -0.3 is 4.90 Å². The number of hydrogen-bond donors (Lipinski definition) is 0. The molecule has 0 saturated carbocycles. The molecule has 2 heteroatoms. The first-order chi connectivity index (χ1) is 6.84. The first kappa shape index (κ1) is 11.0. The van der Waals surface area contributed by atoms with E-state index in [2.05, 4.69) is 6.92 Å². The zero-order valence-electron chi connectivity index (χ0n) is 8.91. The van der Waals surface area contributed by atoms with E-state index >= 15 is 0 Å². The van der Waals surface area contributed by atoms with Gasteiger partial charge in [0, 0.05) is 19.2 Å². The number of hydrogen-bond acceptors (Lipinski definition) is 1. The fourth-order valence-corrected chi connectivity index (χ4v) is 1.57. The topological polar surface area (TPSA) is 20.3 Å². The van der Waals surface area contributed by atoms with Crippen molar-refractivity contribution >= 4 is 5.91 Å². The molecule has 1 amide bonds. The predicted octanol–water partition coefficient (Wildman–Crippen LogP) is 2.52. The molecule has 14 heavy (non-hydrogen) atoms. The van der Waals surface area contributed by atoms with E-state index in [0.717, 1.165) is 32.4 Å². The molecule has 1 heterocycles. The zero-order valence-corrected chi connectivity index (χ0v) is 8.91. The summed E-state index contributed by atoms with van der Waals surface area (Å²) in [4.78, 5) is 13.5. The third-order valence-corrected chi connectivity index (χ3v) is 2.39. The quantitative estimate of drug-likeness (QED) is 0.498. The number of nitrogens with zero attached hydrogens (tertiary/aromatic N) is 1. The maximum atomic E-state index is 11.6. The molecule has 1 aliphatic rings. The minimum atomic E-state index is 0.158. The fourth-order valence-electron chi connectivity index (χ4n) is 1.57. The lowest BCUT2D eigenvalue weighted by molar-refractivity contribution is -0.126. The van der Waals surface area contributed by atoms with Crippen molar-refractivity contribution in [3.05, 3.63) is 24.3 Å². The van der Waals surface area contributed by atoms with Crippen LogP contribution in [0.25, 0.3) is 0 Å². The van der Waals surface area contributed by atoms with E-state index in [1.54, 1.807) is 6.08 Å². The summed E-state index contributed by atoms with van der Waals surface area (Å²) in [6.07, 6.45) is 12.1. The highest BCUT2D eigenvalue weighted by Crippen LogP contribution is 2.08. The summed E-state index contributed by atoms with van der Waals surface area (Å²) in [5.41, 5.74) is 0. The molecule has 0 N–H and O–H groups in total. The minimum absolute atomic E-state index is 0.158. The molecular formula is C12H19NO. The molecule has 2 nitrogen and oxygen atoms in total. The van der Waals surface area contributed by atoms with Crippen LogP contribution < -0.4 is 0 Å². The average molecular weight is 193 g/mol. The van der Waals surface area contributed by atoms with Crippen molar-refractivity contribution in [2.24, 2.45) is 0 Å². The van der Waals surface area contributed by atoms with Crippen molar-refractivity contribution in [2.75, 3.05) is 13.1 Å². The first-order valence-corrected chi connectivity index (χ1v) is 5.46. The Morgan fingerprint density at radius 2 is 1.93 bits per heavy atom. The summed E-state index contributed by atoms with van der Waals surface area (Å²) in [5, 5.41) is 0. The van der Waals surface area contributed by atoms with Gasteiger partial charge in [-0.25, -0.2) is 0 Å². The molecule has 0 atom stereocenters. The lowest BCUT2D eigenvalue weighted by Gasteiger charge is -2.25. The van der Waals surface area contributed by atoms with Crippen LogP contribution in [0.5, 0.6) is 0 Å². The first-order valence-electron chi connectivity index (χ1n) is 5.46. The third-order valence-electron chi connectivity index (χ3n) is 2.39. The number of allylic oxidation sites excluding steroid dienone is 3. The van der Waals surface area contributed by atoms with E-state index in [0.29, 0.717) is 0 Å². The summed E-state index contributed by atoms with van der Waals surface area (Å²) in [7, 11) is 0. The molecule has 0 radical (unpaired) electrons. The normalized spacial score (nSPS) is 18.2. The Morgan fingerprint density at radius 1 is 1.21 bits per heavy atom. The van der Waals surface area contributed by atoms with E-state index in [1.807, 2.05) is 23.1 Å². The summed E-state index contributed by atoms with van der Waals surface area (Å²) in [6, 6.07) is 0. The smallest absolute Gasteiger partial charge is 0.246 e. The van der Waals surface area contributed by atoms with Gasteiger partial charge in [-0.2, -0.15) is 0 Å². The van der Waals surface area contributed by atoms with Gasteiger partial charge in [-0.1, -0.05) is 25.2 Å². The standard InChI is InChI=1S/C12H19NO/c1-2-3-4-6-9-12(14)13-10-7-5-8-11-13/h3-4,6,9H,2,5,7-8,10-11H2,1H3/b4-3+,9-6+. The fraction of sp³-hybridized carbons (Fsp3) is 0.583. The van der Waals surface area contributed by atoms with Crippen molar-refractivity contribution in [2.45, 2.75) is 32.6 Å². The Kier molecular flexibility index (Phi) is 5.05. The second-order valence-electron chi connectivity index (χ2n) is 3.58. The SMILES string of the molecule is CC/C=C/C=C/C(=O)N1CCCCC1. The lowest BCUT2D eigenvalue weighted by Crippen LogP contribution is -2.34. The van der Waals surface area contributed by atoms with Gasteiger partial charge in [-0.15, -0.1) is 0 Å². The Morgan fingerprint density at radius 3 is 2.57 bits per heavy atom. The van der Waals surface area contributed by atoms with Crippen LogP contribution in [-0.4, -0.2) is 23.9 Å². The second-order valence-corrected chi connectivity index (χ2v) is 3.58. The molecule has 0 aromatic carbocycles. The Balaban J connectivity index is 2.32. The Hall–Kier alpha value is -1.05. The van der Waals surface area contributed by atoms with E-state index in [1.165, 1.54) is 6.42 Å². The molecule has 0 aromatic heterocycles. The van der Waals surface area contributed by atoms with Gasteiger partial charge in [0.1, 0.15) is 0 Å². The molecule has 0 unspecified atom stereocenters. The van der Waals surface area contributed by atoms with Gasteiger partial charge in [-0.05, 0) is 25.7 Å². The molecule has 1 aliphatic heterocycles. The minimum Gasteiger partial charge on any atom is -0.339 e. The van der Waals surface area contributed by atoms with Crippen molar-refractivity contribution < 1.29 is 4.79 Å². The van der Waals surface area contributed by atoms with Crippen molar-refractivity contribution in [1.29, 1.82) is 0 Å². The molecule has 1 saturated heterocycles. The van der Waals surface area contributed by atoms with Crippen molar-refractivity contribution in [3.8, 4) is 0 Å². The van der Waals surface area contributed by atoms with Crippen LogP contribution in [0.4, 0.5) is 0 Å². The number of carbonyl (C=O) groups excluding carboxylic acids is 1. The van der Waals surface area contributed by atoms with E-state index in [4.69, 9.17) is 0 Å². The molecule has 78 valence electrons. The summed E-state index contributed by atoms with van der Waals surface area (Å²) in [6.45, 7) is 3.94. The van der Waals surface area contributed by atoms with E-state index in [-0.39, 0.29) is 5.91 Å². The molecular weight excluding hydrogens is 174 g/mol. The van der Waals surface area contributed by atoms with Gasteiger partial charge in [0.2, 0.25) is 5.91 Å². The molecule has 0 aliphatic carbocycles. The van der Waals surface area contributed by atoms with Crippen LogP contribution in [0.2, 0.25) is 0 Å². The summed E-state index contributed by atoms with van der Waals surface area (Å²) >= 11 is 0. The predicted molar refractivity (Wildman–Crippen MR) is 59.0 cm³/mol. The molecule has 1 fully saturated rings. The molecule has 0 bridgehead atoms. The van der Waals surface area contributed by atoms with Crippen LogP contribution in [-0.2, 0) is 4.79 Å². The third kappa shape index (κ3) is 3.77. The highest BCUT2D eigenvalue weighted by atomic mass is 16.2. The van der Waals surface area contributed by atoms with Crippen LogP contribution in [0.15, 0.2) is 24.3 Å². The zero-order chi connectivity index (χ0) is 10.2. The molecule has 1 rings (SSSR count). The number of piperidine rings is 1. The van der Waals surface area contributed by atoms with E-state index < -0.39 is 0 Å². The van der Waals surface area contributed by atoms with Crippen molar-refractivity contribution in [3.63, 3.8) is 0 Å². The number of rotatable bonds is 3. The van der Waals surface area contributed by atoms with Crippen LogP contribution >= 0.6 is 0 Å². The highest BCUT2D eigenvalue weighted by molar-refractivity contribution is 5.87.